The molecule has 0 saturated heterocycles. The van der Waals surface area contributed by atoms with E-state index in [4.69, 9.17) is 9.47 Å². The number of fused-ring (bicyclic) bond motifs is 1. The Bertz CT molecular complexity index is 737. The second kappa shape index (κ2) is 8.09. The van der Waals surface area contributed by atoms with Crippen LogP contribution in [0.15, 0.2) is 40.9 Å². The van der Waals surface area contributed by atoms with Crippen LogP contribution in [-0.4, -0.2) is 35.8 Å². The number of ether oxygens (including phenoxy) is 2. The van der Waals surface area contributed by atoms with E-state index >= 15 is 0 Å². The number of carbonyl (C=O) groups excluding carboxylic acids is 1. The molecule has 0 aliphatic rings. The minimum absolute atomic E-state index is 0.0485. The first-order valence-corrected chi connectivity index (χ1v) is 9.27. The van der Waals surface area contributed by atoms with E-state index in [9.17, 15) is 4.79 Å². The Morgan fingerprint density at radius 2 is 1.76 bits per heavy atom. The molecule has 0 radical (unpaired) electrons. The van der Waals surface area contributed by atoms with Gasteiger partial charge >= 0.3 is 6.09 Å². The second-order valence-electron chi connectivity index (χ2n) is 7.27. The SMILES string of the molecule is CC(C)N(CCOc1ccc2cc(Br)ccc2c1)C(=O)OC(C)(C)C. The van der Waals surface area contributed by atoms with Crippen molar-refractivity contribution in [3.05, 3.63) is 40.9 Å². The summed E-state index contributed by atoms with van der Waals surface area (Å²) < 4.78 is 12.4. The van der Waals surface area contributed by atoms with E-state index in [1.807, 2.05) is 65.0 Å². The zero-order valence-electron chi connectivity index (χ0n) is 15.5. The average Bonchev–Trinajstić information content (AvgIpc) is 2.49. The number of carbonyl (C=O) groups is 1. The summed E-state index contributed by atoms with van der Waals surface area (Å²) in [6, 6.07) is 12.2. The van der Waals surface area contributed by atoms with E-state index in [-0.39, 0.29) is 12.1 Å². The standard InChI is InChI=1S/C20H26BrNO3/c1-14(2)22(19(23)25-20(3,4)5)10-11-24-18-9-7-15-12-17(21)8-6-16(15)13-18/h6-9,12-14H,10-11H2,1-5H3. The average molecular weight is 408 g/mol. The maximum Gasteiger partial charge on any atom is 0.410 e. The lowest BCUT2D eigenvalue weighted by atomic mass is 10.1. The van der Waals surface area contributed by atoms with Crippen molar-refractivity contribution in [2.75, 3.05) is 13.2 Å². The van der Waals surface area contributed by atoms with Gasteiger partial charge in [0.2, 0.25) is 0 Å². The zero-order valence-corrected chi connectivity index (χ0v) is 17.1. The summed E-state index contributed by atoms with van der Waals surface area (Å²) in [5.41, 5.74) is -0.502. The molecule has 0 aliphatic carbocycles. The lowest BCUT2D eigenvalue weighted by Crippen LogP contribution is -2.43. The monoisotopic (exact) mass is 407 g/mol. The molecule has 25 heavy (non-hydrogen) atoms. The quantitative estimate of drug-likeness (QED) is 0.644. The molecule has 0 bridgehead atoms. The van der Waals surface area contributed by atoms with Gasteiger partial charge in [-0.2, -0.15) is 0 Å². The van der Waals surface area contributed by atoms with Crippen LogP contribution in [0.25, 0.3) is 10.8 Å². The van der Waals surface area contributed by atoms with Crippen LogP contribution in [0.1, 0.15) is 34.6 Å². The topological polar surface area (TPSA) is 38.8 Å². The molecule has 1 amide bonds. The maximum atomic E-state index is 12.3. The molecule has 2 rings (SSSR count). The highest BCUT2D eigenvalue weighted by molar-refractivity contribution is 9.10. The van der Waals surface area contributed by atoms with E-state index < -0.39 is 5.60 Å². The summed E-state index contributed by atoms with van der Waals surface area (Å²) in [6.07, 6.45) is -0.311. The minimum atomic E-state index is -0.502. The van der Waals surface area contributed by atoms with Crippen LogP contribution in [0.4, 0.5) is 4.79 Å². The number of hydrogen-bond acceptors (Lipinski definition) is 3. The van der Waals surface area contributed by atoms with Crippen LogP contribution >= 0.6 is 15.9 Å². The first-order valence-electron chi connectivity index (χ1n) is 8.47. The third-order valence-corrected chi connectivity index (χ3v) is 4.12. The molecule has 0 fully saturated rings. The van der Waals surface area contributed by atoms with Gasteiger partial charge < -0.3 is 14.4 Å². The number of rotatable bonds is 5. The van der Waals surface area contributed by atoms with Crippen molar-refractivity contribution >= 4 is 32.8 Å². The van der Waals surface area contributed by atoms with Crippen molar-refractivity contribution in [2.45, 2.75) is 46.3 Å². The van der Waals surface area contributed by atoms with Crippen LogP contribution in [-0.2, 0) is 4.74 Å². The van der Waals surface area contributed by atoms with Gasteiger partial charge in [-0.25, -0.2) is 4.79 Å². The van der Waals surface area contributed by atoms with Crippen molar-refractivity contribution in [2.24, 2.45) is 0 Å². The lowest BCUT2D eigenvalue weighted by molar-refractivity contribution is 0.0164. The predicted molar refractivity (Wildman–Crippen MR) is 105 cm³/mol. The van der Waals surface area contributed by atoms with Crippen molar-refractivity contribution in [1.82, 2.24) is 4.90 Å². The highest BCUT2D eigenvalue weighted by Crippen LogP contribution is 2.24. The molecule has 2 aromatic carbocycles. The fraction of sp³-hybridized carbons (Fsp3) is 0.450. The number of nitrogens with zero attached hydrogens (tertiary/aromatic N) is 1. The lowest BCUT2D eigenvalue weighted by Gasteiger charge is -2.30. The molecule has 0 N–H and O–H groups in total. The van der Waals surface area contributed by atoms with Gasteiger partial charge in [-0.3, -0.25) is 0 Å². The Kier molecular flexibility index (Phi) is 6.33. The Balaban J connectivity index is 1.97. The third-order valence-electron chi connectivity index (χ3n) is 3.63. The molecule has 136 valence electrons. The summed E-state index contributed by atoms with van der Waals surface area (Å²) in [5.74, 6) is 0.794. The molecule has 0 unspecified atom stereocenters. The number of halogens is 1. The number of amides is 1. The van der Waals surface area contributed by atoms with Crippen molar-refractivity contribution in [3.8, 4) is 5.75 Å². The predicted octanol–water partition coefficient (Wildman–Crippen LogP) is 5.63. The fourth-order valence-corrected chi connectivity index (χ4v) is 2.81. The molecular formula is C20H26BrNO3. The minimum Gasteiger partial charge on any atom is -0.492 e. The van der Waals surface area contributed by atoms with Crippen molar-refractivity contribution in [1.29, 1.82) is 0 Å². The van der Waals surface area contributed by atoms with Gasteiger partial charge in [-0.15, -0.1) is 0 Å². The van der Waals surface area contributed by atoms with E-state index in [1.165, 1.54) is 0 Å². The fourth-order valence-electron chi connectivity index (χ4n) is 2.43. The third kappa shape index (κ3) is 5.92. The largest absolute Gasteiger partial charge is 0.492 e. The molecule has 2 aromatic rings. The molecule has 0 spiro atoms. The number of benzene rings is 2. The first-order chi connectivity index (χ1) is 11.7. The van der Waals surface area contributed by atoms with Crippen molar-refractivity contribution < 1.29 is 14.3 Å². The van der Waals surface area contributed by atoms with E-state index in [0.717, 1.165) is 21.0 Å². The molecule has 0 aromatic heterocycles. The van der Waals surface area contributed by atoms with Gasteiger partial charge in [-0.1, -0.05) is 28.1 Å². The van der Waals surface area contributed by atoms with E-state index in [0.29, 0.717) is 13.2 Å². The smallest absolute Gasteiger partial charge is 0.410 e. The Labute approximate surface area is 158 Å². The van der Waals surface area contributed by atoms with Crippen molar-refractivity contribution in [3.63, 3.8) is 0 Å². The van der Waals surface area contributed by atoms with Crippen LogP contribution < -0.4 is 4.74 Å². The van der Waals surface area contributed by atoms with Crippen LogP contribution in [0.2, 0.25) is 0 Å². The maximum absolute atomic E-state index is 12.3. The Morgan fingerprint density at radius 3 is 2.40 bits per heavy atom. The summed E-state index contributed by atoms with van der Waals surface area (Å²) in [7, 11) is 0. The van der Waals surface area contributed by atoms with Gasteiger partial charge in [0.1, 0.15) is 18.0 Å². The second-order valence-corrected chi connectivity index (χ2v) is 8.18. The molecule has 0 heterocycles. The highest BCUT2D eigenvalue weighted by atomic mass is 79.9. The van der Waals surface area contributed by atoms with Gasteiger partial charge in [0.25, 0.3) is 0 Å². The molecular weight excluding hydrogens is 382 g/mol. The molecule has 4 nitrogen and oxygen atoms in total. The van der Waals surface area contributed by atoms with Crippen LogP contribution in [0.3, 0.4) is 0 Å². The Hall–Kier alpha value is -1.75. The Morgan fingerprint density at radius 1 is 1.12 bits per heavy atom. The molecule has 0 saturated carbocycles. The van der Waals surface area contributed by atoms with Gasteiger partial charge in [0.15, 0.2) is 0 Å². The summed E-state index contributed by atoms with van der Waals surface area (Å²) in [6.45, 7) is 10.4. The van der Waals surface area contributed by atoms with E-state index in [1.54, 1.807) is 4.90 Å². The van der Waals surface area contributed by atoms with E-state index in [2.05, 4.69) is 22.0 Å². The summed E-state index contributed by atoms with van der Waals surface area (Å²) in [4.78, 5) is 14.0. The normalized spacial score (nSPS) is 11.6. The van der Waals surface area contributed by atoms with Crippen LogP contribution in [0, 0.1) is 0 Å². The summed E-state index contributed by atoms with van der Waals surface area (Å²) >= 11 is 3.48. The number of hydrogen-bond donors (Lipinski definition) is 0. The molecule has 0 atom stereocenters. The molecule has 5 heteroatoms. The van der Waals surface area contributed by atoms with Crippen LogP contribution in [0.5, 0.6) is 5.75 Å². The van der Waals surface area contributed by atoms with Gasteiger partial charge in [0.05, 0.1) is 6.54 Å². The highest BCUT2D eigenvalue weighted by Gasteiger charge is 2.23. The van der Waals surface area contributed by atoms with Gasteiger partial charge in [0, 0.05) is 10.5 Å². The zero-order chi connectivity index (χ0) is 18.6. The summed E-state index contributed by atoms with van der Waals surface area (Å²) in [5, 5.41) is 2.27. The molecule has 0 aliphatic heterocycles. The van der Waals surface area contributed by atoms with Gasteiger partial charge in [-0.05, 0) is 69.7 Å². The first kappa shape index (κ1) is 19.6.